The summed E-state index contributed by atoms with van der Waals surface area (Å²) in [5.74, 6) is -1.44. The Labute approximate surface area is 301 Å². The van der Waals surface area contributed by atoms with E-state index >= 15 is 4.79 Å². The number of carbonyl (C=O) groups excluding carboxylic acids is 1. The Kier molecular flexibility index (Phi) is 11.2. The number of amides is 1. The number of hydrogen-bond donors (Lipinski definition) is 1. The predicted molar refractivity (Wildman–Crippen MR) is 202 cm³/mol. The van der Waals surface area contributed by atoms with Crippen LogP contribution >= 0.6 is 23.2 Å². The van der Waals surface area contributed by atoms with Crippen LogP contribution < -0.4 is 10.4 Å². The summed E-state index contributed by atoms with van der Waals surface area (Å²) in [6.07, 6.45) is 3.66. The first-order valence-electron chi connectivity index (χ1n) is 16.8. The van der Waals surface area contributed by atoms with E-state index in [0.717, 1.165) is 27.6 Å². The fraction of sp³-hybridized carbons (Fsp3) is 0.317. The number of carboxylic acids is 1. The third kappa shape index (κ3) is 7.58. The molecule has 0 unspecified atom stereocenters. The van der Waals surface area contributed by atoms with Crippen molar-refractivity contribution in [2.75, 3.05) is 6.61 Å². The summed E-state index contributed by atoms with van der Waals surface area (Å²) < 4.78 is 7.44. The van der Waals surface area contributed by atoms with E-state index in [1.807, 2.05) is 72.5 Å². The highest BCUT2D eigenvalue weighted by atomic mass is 35.5. The van der Waals surface area contributed by atoms with Crippen LogP contribution in [0.25, 0.3) is 0 Å². The number of rotatable bonds is 11. The molecule has 49 heavy (non-hydrogen) atoms. The zero-order valence-electron chi connectivity index (χ0n) is 28.8. The maximum atomic E-state index is 15.0. The van der Waals surface area contributed by atoms with Crippen LogP contribution in [-0.4, -0.2) is 42.8 Å². The van der Waals surface area contributed by atoms with E-state index in [2.05, 4.69) is 76.2 Å². The minimum absolute atomic E-state index is 0.138. The van der Waals surface area contributed by atoms with Gasteiger partial charge in [0.2, 0.25) is 5.91 Å². The van der Waals surface area contributed by atoms with E-state index in [1.165, 1.54) is 0 Å². The standard InChI is InChI=1S/C41H45Cl2NO4Si/c1-6-33(28-48-49(40(2,3)4,34-16-9-7-10-17-34)35-18-11-8-12-19-35)44-38(29-20-22-31(42)23-21-29)36(30-14-13-15-32(43)26-30)27-41(5,39(44)47)25-24-37(45)46/h7-26,33,36,38H,6,27-28H2,1-5H3,(H,45,46)/b25-24+/t33-,36+,38+,41-/m0/s1. The average molecular weight is 715 g/mol. The maximum Gasteiger partial charge on any atom is 0.328 e. The molecule has 1 saturated heterocycles. The van der Waals surface area contributed by atoms with Gasteiger partial charge in [-0.15, -0.1) is 0 Å². The second kappa shape index (κ2) is 15.1. The van der Waals surface area contributed by atoms with Crippen LogP contribution in [0.1, 0.15) is 70.5 Å². The Morgan fingerprint density at radius 2 is 1.51 bits per heavy atom. The van der Waals surface area contributed by atoms with Gasteiger partial charge in [0.25, 0.3) is 8.32 Å². The molecule has 256 valence electrons. The largest absolute Gasteiger partial charge is 0.478 e. The molecule has 1 fully saturated rings. The molecule has 1 heterocycles. The summed E-state index contributed by atoms with van der Waals surface area (Å²) in [6.45, 7) is 10.9. The van der Waals surface area contributed by atoms with E-state index in [-0.39, 0.29) is 28.9 Å². The molecular formula is C41H45Cl2NO4Si. The number of hydrogen-bond acceptors (Lipinski definition) is 3. The number of likely N-dealkylation sites (tertiary alicyclic amines) is 1. The normalized spacial score (nSPS) is 20.8. The molecule has 5 nitrogen and oxygen atoms in total. The second-order valence-electron chi connectivity index (χ2n) is 14.2. The molecule has 0 aliphatic carbocycles. The molecule has 0 bridgehead atoms. The summed E-state index contributed by atoms with van der Waals surface area (Å²) in [7, 11) is -2.94. The van der Waals surface area contributed by atoms with Crippen molar-refractivity contribution in [1.29, 1.82) is 0 Å². The molecule has 4 atom stereocenters. The van der Waals surface area contributed by atoms with E-state index in [4.69, 9.17) is 27.6 Å². The van der Waals surface area contributed by atoms with Gasteiger partial charge < -0.3 is 14.4 Å². The maximum absolute atomic E-state index is 15.0. The van der Waals surface area contributed by atoms with Gasteiger partial charge in [-0.2, -0.15) is 0 Å². The van der Waals surface area contributed by atoms with E-state index in [9.17, 15) is 9.90 Å². The summed E-state index contributed by atoms with van der Waals surface area (Å²) in [6, 6.07) is 35.6. The van der Waals surface area contributed by atoms with E-state index in [1.54, 1.807) is 6.08 Å². The highest BCUT2D eigenvalue weighted by Gasteiger charge is 2.53. The number of carbonyl (C=O) groups is 2. The van der Waals surface area contributed by atoms with Gasteiger partial charge in [-0.1, -0.05) is 142 Å². The number of aliphatic carboxylic acids is 1. The van der Waals surface area contributed by atoms with Crippen molar-refractivity contribution in [3.8, 4) is 0 Å². The monoisotopic (exact) mass is 713 g/mol. The molecular weight excluding hydrogens is 669 g/mol. The van der Waals surface area contributed by atoms with E-state index in [0.29, 0.717) is 29.5 Å². The molecule has 1 amide bonds. The second-order valence-corrected chi connectivity index (χ2v) is 19.4. The van der Waals surface area contributed by atoms with Crippen molar-refractivity contribution in [3.63, 3.8) is 0 Å². The minimum atomic E-state index is -2.94. The molecule has 1 aliphatic rings. The summed E-state index contributed by atoms with van der Waals surface area (Å²) >= 11 is 12.9. The van der Waals surface area contributed by atoms with Crippen LogP contribution in [0, 0.1) is 5.41 Å². The zero-order valence-corrected chi connectivity index (χ0v) is 31.3. The Bertz CT molecular complexity index is 1740. The zero-order chi connectivity index (χ0) is 35.4. The quantitative estimate of drug-likeness (QED) is 0.124. The van der Waals surface area contributed by atoms with Gasteiger partial charge in [0.1, 0.15) is 0 Å². The van der Waals surface area contributed by atoms with Crippen LogP contribution in [0.5, 0.6) is 0 Å². The van der Waals surface area contributed by atoms with Gasteiger partial charge in [0, 0.05) is 22.0 Å². The van der Waals surface area contributed by atoms with Gasteiger partial charge in [-0.05, 0) is 70.6 Å². The first-order valence-corrected chi connectivity index (χ1v) is 19.5. The van der Waals surface area contributed by atoms with Crippen molar-refractivity contribution in [2.45, 2.75) is 70.5 Å². The molecule has 0 saturated carbocycles. The van der Waals surface area contributed by atoms with Crippen LogP contribution in [-0.2, 0) is 14.0 Å². The molecule has 4 aromatic carbocycles. The lowest BCUT2D eigenvalue weighted by Gasteiger charge is -2.52. The summed E-state index contributed by atoms with van der Waals surface area (Å²) in [5, 5.41) is 12.9. The third-order valence-electron chi connectivity index (χ3n) is 9.90. The van der Waals surface area contributed by atoms with Gasteiger partial charge in [0.05, 0.1) is 24.1 Å². The lowest BCUT2D eigenvalue weighted by molar-refractivity contribution is -0.152. The smallest absolute Gasteiger partial charge is 0.328 e. The van der Waals surface area contributed by atoms with Gasteiger partial charge in [-0.3, -0.25) is 4.79 Å². The van der Waals surface area contributed by atoms with Gasteiger partial charge >= 0.3 is 5.97 Å². The Balaban J connectivity index is 1.69. The van der Waals surface area contributed by atoms with Crippen LogP contribution in [0.4, 0.5) is 0 Å². The molecule has 5 rings (SSSR count). The van der Waals surface area contributed by atoms with E-state index < -0.39 is 19.7 Å². The molecule has 0 radical (unpaired) electrons. The molecule has 8 heteroatoms. The molecule has 1 N–H and O–H groups in total. The Hall–Kier alpha value is -3.68. The predicted octanol–water partition coefficient (Wildman–Crippen LogP) is 9.05. The molecule has 0 aromatic heterocycles. The highest BCUT2D eigenvalue weighted by Crippen LogP contribution is 2.52. The van der Waals surface area contributed by atoms with Crippen LogP contribution in [0.2, 0.25) is 15.1 Å². The fourth-order valence-corrected chi connectivity index (χ4v) is 12.4. The molecule has 4 aromatic rings. The third-order valence-corrected chi connectivity index (χ3v) is 15.4. The van der Waals surface area contributed by atoms with Gasteiger partial charge in [-0.25, -0.2) is 4.79 Å². The Morgan fingerprint density at radius 1 is 0.918 bits per heavy atom. The molecule has 1 aliphatic heterocycles. The van der Waals surface area contributed by atoms with Crippen LogP contribution in [0.15, 0.2) is 121 Å². The summed E-state index contributed by atoms with van der Waals surface area (Å²) in [5.41, 5.74) is 0.817. The number of carboxylic acid groups (broad SMARTS) is 1. The minimum Gasteiger partial charge on any atom is -0.478 e. The lowest BCUT2D eigenvalue weighted by Crippen LogP contribution is -2.67. The van der Waals surface area contributed by atoms with Crippen molar-refractivity contribution in [2.24, 2.45) is 5.41 Å². The van der Waals surface area contributed by atoms with Crippen molar-refractivity contribution in [3.05, 3.63) is 143 Å². The topological polar surface area (TPSA) is 66.8 Å². The van der Waals surface area contributed by atoms with Crippen LogP contribution in [0.3, 0.4) is 0 Å². The van der Waals surface area contributed by atoms with Crippen molar-refractivity contribution >= 4 is 53.8 Å². The van der Waals surface area contributed by atoms with Gasteiger partial charge in [0.15, 0.2) is 0 Å². The molecule has 0 spiro atoms. The average Bonchev–Trinajstić information content (AvgIpc) is 3.08. The van der Waals surface area contributed by atoms with Crippen molar-refractivity contribution < 1.29 is 19.1 Å². The fourth-order valence-electron chi connectivity index (χ4n) is 7.53. The Morgan fingerprint density at radius 3 is 2.02 bits per heavy atom. The number of benzene rings is 4. The highest BCUT2D eigenvalue weighted by molar-refractivity contribution is 6.99. The lowest BCUT2D eigenvalue weighted by atomic mass is 9.68. The summed E-state index contributed by atoms with van der Waals surface area (Å²) in [4.78, 5) is 28.8. The number of nitrogens with zero attached hydrogens (tertiary/aromatic N) is 1. The first-order chi connectivity index (χ1) is 23.3. The first kappa shape index (κ1) is 36.6. The number of halogens is 2. The van der Waals surface area contributed by atoms with Crippen molar-refractivity contribution in [1.82, 2.24) is 4.90 Å². The SMILES string of the molecule is CC[C@@H](CO[Si](c1ccccc1)(c1ccccc1)C(C)(C)C)N1C(=O)[C@@](C)(/C=C/C(=O)O)C[C@H](c2cccc(Cl)c2)[C@H]1c1ccc(Cl)cc1. The number of piperidine rings is 1.